The van der Waals surface area contributed by atoms with Crippen LogP contribution in [0.4, 0.5) is 11.4 Å². The summed E-state index contributed by atoms with van der Waals surface area (Å²) in [6, 6.07) is 4.37. The first kappa shape index (κ1) is 18.1. The third kappa shape index (κ3) is 4.29. The van der Waals surface area contributed by atoms with Crippen molar-refractivity contribution < 1.29 is 24.0 Å². The van der Waals surface area contributed by atoms with Crippen LogP contribution in [-0.2, 0) is 14.3 Å². The number of hydrogen-bond acceptors (Lipinski definition) is 7. The fraction of sp³-hybridized carbons (Fsp3) is 0.529. The molecule has 9 nitrogen and oxygen atoms in total. The van der Waals surface area contributed by atoms with Crippen LogP contribution in [0, 0.1) is 10.1 Å². The molecule has 2 fully saturated rings. The molecule has 0 bridgehead atoms. The maximum absolute atomic E-state index is 12.3. The van der Waals surface area contributed by atoms with Crippen LogP contribution in [0.3, 0.4) is 0 Å². The Labute approximate surface area is 150 Å². The second-order valence-corrected chi connectivity index (χ2v) is 6.39. The molecule has 1 saturated heterocycles. The molecule has 1 amide bonds. The summed E-state index contributed by atoms with van der Waals surface area (Å²) >= 11 is 0. The van der Waals surface area contributed by atoms with Crippen molar-refractivity contribution in [1.82, 2.24) is 5.32 Å². The highest BCUT2D eigenvalue weighted by Crippen LogP contribution is 2.30. The minimum Gasteiger partial charge on any atom is -0.449 e. The van der Waals surface area contributed by atoms with Gasteiger partial charge in [0.1, 0.15) is 5.69 Å². The largest absolute Gasteiger partial charge is 0.449 e. The number of nitro benzene ring substituents is 1. The highest BCUT2D eigenvalue weighted by Gasteiger charge is 2.28. The van der Waals surface area contributed by atoms with Gasteiger partial charge in [-0.05, 0) is 31.9 Å². The summed E-state index contributed by atoms with van der Waals surface area (Å²) in [4.78, 5) is 36.9. The Morgan fingerprint density at radius 1 is 1.35 bits per heavy atom. The lowest BCUT2D eigenvalue weighted by atomic mass is 10.1. The Morgan fingerprint density at radius 3 is 2.65 bits per heavy atom. The molecule has 3 rings (SSSR count). The van der Waals surface area contributed by atoms with Gasteiger partial charge in [0.15, 0.2) is 6.10 Å². The average molecular weight is 363 g/mol. The summed E-state index contributed by atoms with van der Waals surface area (Å²) in [5.41, 5.74) is 0.311. The van der Waals surface area contributed by atoms with Gasteiger partial charge in [0.2, 0.25) is 0 Å². The Morgan fingerprint density at radius 2 is 2.04 bits per heavy atom. The van der Waals surface area contributed by atoms with Crippen molar-refractivity contribution in [2.45, 2.75) is 31.9 Å². The van der Waals surface area contributed by atoms with Crippen LogP contribution in [0.1, 0.15) is 30.1 Å². The maximum Gasteiger partial charge on any atom is 0.339 e. The van der Waals surface area contributed by atoms with Gasteiger partial charge in [0.05, 0.1) is 23.7 Å². The number of carbonyl (C=O) groups excluding carboxylic acids is 2. The van der Waals surface area contributed by atoms with E-state index in [1.165, 1.54) is 25.1 Å². The van der Waals surface area contributed by atoms with E-state index in [-0.39, 0.29) is 23.2 Å². The van der Waals surface area contributed by atoms with Gasteiger partial charge in [0, 0.05) is 25.2 Å². The molecule has 1 saturated carbocycles. The fourth-order valence-corrected chi connectivity index (χ4v) is 2.70. The van der Waals surface area contributed by atoms with Gasteiger partial charge in [-0.15, -0.1) is 0 Å². The van der Waals surface area contributed by atoms with Gasteiger partial charge in [-0.3, -0.25) is 14.9 Å². The quantitative estimate of drug-likeness (QED) is 0.460. The molecule has 140 valence electrons. The molecule has 26 heavy (non-hydrogen) atoms. The van der Waals surface area contributed by atoms with Crippen molar-refractivity contribution in [3.05, 3.63) is 33.9 Å². The first-order chi connectivity index (χ1) is 12.5. The Bertz CT molecular complexity index is 712. The lowest BCUT2D eigenvalue weighted by molar-refractivity contribution is -0.384. The molecular formula is C17H21N3O6. The highest BCUT2D eigenvalue weighted by atomic mass is 16.6. The first-order valence-electron chi connectivity index (χ1n) is 8.58. The van der Waals surface area contributed by atoms with Crippen LogP contribution < -0.4 is 10.2 Å². The molecule has 1 atom stereocenters. The minimum absolute atomic E-state index is 0.0415. The topological polar surface area (TPSA) is 111 Å². The maximum atomic E-state index is 12.3. The summed E-state index contributed by atoms with van der Waals surface area (Å²) in [6.45, 7) is 3.56. The van der Waals surface area contributed by atoms with Crippen molar-refractivity contribution in [2.24, 2.45) is 0 Å². The second-order valence-electron chi connectivity index (χ2n) is 6.39. The standard InChI is InChI=1S/C17H21N3O6/c1-11(16(21)18-13-3-4-13)26-17(22)12-2-5-14(15(10-12)20(23)24)19-6-8-25-9-7-19/h2,5,10-11,13H,3-4,6-9H2,1H3,(H,18,21). The molecule has 1 unspecified atom stereocenters. The van der Waals surface area contributed by atoms with Gasteiger partial charge in [0.25, 0.3) is 11.6 Å². The highest BCUT2D eigenvalue weighted by molar-refractivity contribution is 5.93. The predicted molar refractivity (Wildman–Crippen MR) is 92.2 cm³/mol. The van der Waals surface area contributed by atoms with Crippen LogP contribution in [0.2, 0.25) is 0 Å². The first-order valence-corrected chi connectivity index (χ1v) is 8.58. The van der Waals surface area contributed by atoms with Crippen molar-refractivity contribution in [3.8, 4) is 0 Å². The lowest BCUT2D eigenvalue weighted by Gasteiger charge is -2.28. The van der Waals surface area contributed by atoms with Crippen LogP contribution in [0.25, 0.3) is 0 Å². The van der Waals surface area contributed by atoms with E-state index in [0.29, 0.717) is 32.0 Å². The van der Waals surface area contributed by atoms with Crippen LogP contribution in [0.5, 0.6) is 0 Å². The number of rotatable bonds is 6. The van der Waals surface area contributed by atoms with Crippen molar-refractivity contribution >= 4 is 23.3 Å². The summed E-state index contributed by atoms with van der Waals surface area (Å²) < 4.78 is 10.4. The zero-order valence-corrected chi connectivity index (χ0v) is 14.5. The number of nitrogens with one attached hydrogen (secondary N) is 1. The van der Waals surface area contributed by atoms with E-state index in [1.807, 2.05) is 4.90 Å². The molecule has 0 spiro atoms. The second kappa shape index (κ2) is 7.69. The zero-order valence-electron chi connectivity index (χ0n) is 14.5. The Hall–Kier alpha value is -2.68. The van der Waals surface area contributed by atoms with E-state index in [9.17, 15) is 19.7 Å². The van der Waals surface area contributed by atoms with E-state index in [1.54, 1.807) is 0 Å². The number of morpholine rings is 1. The number of esters is 1. The van der Waals surface area contributed by atoms with Gasteiger partial charge in [-0.25, -0.2) is 4.79 Å². The smallest absolute Gasteiger partial charge is 0.339 e. The van der Waals surface area contributed by atoms with Crippen molar-refractivity contribution in [1.29, 1.82) is 0 Å². The van der Waals surface area contributed by atoms with Crippen LogP contribution >= 0.6 is 0 Å². The van der Waals surface area contributed by atoms with Crippen LogP contribution in [0.15, 0.2) is 18.2 Å². The van der Waals surface area contributed by atoms with Crippen molar-refractivity contribution in [3.63, 3.8) is 0 Å². The van der Waals surface area contributed by atoms with Gasteiger partial charge in [-0.1, -0.05) is 0 Å². The number of carbonyl (C=O) groups is 2. The number of ether oxygens (including phenoxy) is 2. The Balaban J connectivity index is 1.72. The summed E-state index contributed by atoms with van der Waals surface area (Å²) in [5.74, 6) is -1.12. The molecule has 1 aliphatic heterocycles. The summed E-state index contributed by atoms with van der Waals surface area (Å²) in [5, 5.41) is 14.2. The predicted octanol–water partition coefficient (Wildman–Crippen LogP) is 1.26. The monoisotopic (exact) mass is 363 g/mol. The van der Waals surface area contributed by atoms with Crippen molar-refractivity contribution in [2.75, 3.05) is 31.2 Å². The third-order valence-corrected chi connectivity index (χ3v) is 4.34. The lowest BCUT2D eigenvalue weighted by Crippen LogP contribution is -2.37. The Kier molecular flexibility index (Phi) is 5.36. The number of benzene rings is 1. The van der Waals surface area contributed by atoms with E-state index in [4.69, 9.17) is 9.47 Å². The molecular weight excluding hydrogens is 342 g/mol. The van der Waals surface area contributed by atoms with Gasteiger partial charge < -0.3 is 19.7 Å². The molecule has 1 N–H and O–H groups in total. The molecule has 9 heteroatoms. The number of nitro groups is 1. The summed E-state index contributed by atoms with van der Waals surface area (Å²) in [6.07, 6.45) is 0.907. The van der Waals surface area contributed by atoms with E-state index in [2.05, 4.69) is 5.32 Å². The zero-order chi connectivity index (χ0) is 18.7. The molecule has 1 aromatic carbocycles. The fourth-order valence-electron chi connectivity index (χ4n) is 2.70. The van der Waals surface area contributed by atoms with Crippen LogP contribution in [-0.4, -0.2) is 55.2 Å². The van der Waals surface area contributed by atoms with E-state index in [0.717, 1.165) is 12.8 Å². The normalized spacial score (nSPS) is 18.1. The number of amides is 1. The SMILES string of the molecule is CC(OC(=O)c1ccc(N2CCOCC2)c([N+](=O)[O-])c1)C(=O)NC1CC1. The minimum atomic E-state index is -0.957. The molecule has 1 aliphatic carbocycles. The van der Waals surface area contributed by atoms with Gasteiger partial charge in [-0.2, -0.15) is 0 Å². The van der Waals surface area contributed by atoms with E-state index >= 15 is 0 Å². The number of nitrogens with zero attached hydrogens (tertiary/aromatic N) is 2. The number of anilines is 1. The third-order valence-electron chi connectivity index (χ3n) is 4.34. The average Bonchev–Trinajstić information content (AvgIpc) is 3.45. The molecule has 0 radical (unpaired) electrons. The number of hydrogen-bond donors (Lipinski definition) is 1. The van der Waals surface area contributed by atoms with Gasteiger partial charge >= 0.3 is 5.97 Å². The molecule has 2 aliphatic rings. The van der Waals surface area contributed by atoms with E-state index < -0.39 is 17.0 Å². The molecule has 1 aromatic rings. The molecule has 1 heterocycles. The summed E-state index contributed by atoms with van der Waals surface area (Å²) in [7, 11) is 0. The molecule has 0 aromatic heterocycles.